The van der Waals surface area contributed by atoms with Crippen LogP contribution in [0.5, 0.6) is 23.0 Å². The Balaban J connectivity index is 2.15. The van der Waals surface area contributed by atoms with Gasteiger partial charge in [0.2, 0.25) is 0 Å². The van der Waals surface area contributed by atoms with E-state index in [-0.39, 0.29) is 23.0 Å². The molecule has 0 aromatic heterocycles. The van der Waals surface area contributed by atoms with E-state index in [0.29, 0.717) is 32.7 Å². The topological polar surface area (TPSA) is 80.9 Å². The fraction of sp³-hybridized carbons (Fsp3) is 0. The lowest BCUT2D eigenvalue weighted by Crippen LogP contribution is -1.86. The summed E-state index contributed by atoms with van der Waals surface area (Å²) in [6, 6.07) is 16.4. The minimum absolute atomic E-state index is 0.00884. The van der Waals surface area contributed by atoms with Gasteiger partial charge in [-0.2, -0.15) is 0 Å². The molecule has 0 aliphatic carbocycles. The average Bonchev–Trinajstić information content (AvgIpc) is 2.59. The summed E-state index contributed by atoms with van der Waals surface area (Å²) < 4.78 is 0. The van der Waals surface area contributed by atoms with E-state index in [4.69, 9.17) is 0 Å². The third-order valence-corrected chi connectivity index (χ3v) is 4.28. The van der Waals surface area contributed by atoms with Crippen LogP contribution in [0.2, 0.25) is 0 Å². The maximum atomic E-state index is 10.7. The van der Waals surface area contributed by atoms with Crippen LogP contribution in [0.15, 0.2) is 60.7 Å². The standard InChI is InChI=1S/C20H14O4/c21-16-9-8-12(19-14(16)6-3-7-17(19)22)15-10-18(23)11-4-1-2-5-13(11)20(15)24/h1-10,21-24H. The van der Waals surface area contributed by atoms with Gasteiger partial charge in [0.25, 0.3) is 0 Å². The Morgan fingerprint density at radius 3 is 2.00 bits per heavy atom. The Kier molecular flexibility index (Phi) is 3.00. The Hall–Kier alpha value is -3.40. The Bertz CT molecular complexity index is 1100. The van der Waals surface area contributed by atoms with Crippen molar-refractivity contribution in [1.82, 2.24) is 0 Å². The van der Waals surface area contributed by atoms with Crippen LogP contribution in [0.1, 0.15) is 0 Å². The molecule has 118 valence electrons. The molecule has 0 aliphatic rings. The molecule has 0 heterocycles. The maximum Gasteiger partial charge on any atom is 0.131 e. The Morgan fingerprint density at radius 1 is 0.500 bits per heavy atom. The van der Waals surface area contributed by atoms with E-state index in [2.05, 4.69) is 0 Å². The van der Waals surface area contributed by atoms with E-state index in [1.54, 1.807) is 42.5 Å². The second-order valence-corrected chi connectivity index (χ2v) is 5.67. The smallest absolute Gasteiger partial charge is 0.131 e. The predicted octanol–water partition coefficient (Wildman–Crippen LogP) is 4.48. The highest BCUT2D eigenvalue weighted by Gasteiger charge is 2.17. The second kappa shape index (κ2) is 5.06. The number of phenols is 4. The van der Waals surface area contributed by atoms with E-state index in [1.165, 1.54) is 18.2 Å². The third-order valence-electron chi connectivity index (χ3n) is 4.28. The molecule has 0 atom stereocenters. The van der Waals surface area contributed by atoms with Gasteiger partial charge in [0, 0.05) is 27.1 Å². The largest absolute Gasteiger partial charge is 0.507 e. The number of fused-ring (bicyclic) bond motifs is 2. The van der Waals surface area contributed by atoms with Crippen molar-refractivity contribution in [1.29, 1.82) is 0 Å². The van der Waals surface area contributed by atoms with Gasteiger partial charge in [-0.3, -0.25) is 0 Å². The van der Waals surface area contributed by atoms with Crippen molar-refractivity contribution in [3.63, 3.8) is 0 Å². The molecule has 0 fully saturated rings. The van der Waals surface area contributed by atoms with Gasteiger partial charge in [-0.05, 0) is 29.8 Å². The molecule has 0 saturated carbocycles. The first-order chi connectivity index (χ1) is 11.6. The molecule has 0 amide bonds. The molecule has 4 aromatic carbocycles. The van der Waals surface area contributed by atoms with Crippen LogP contribution in [0.25, 0.3) is 32.7 Å². The molecule has 0 bridgehead atoms. The monoisotopic (exact) mass is 318 g/mol. The fourth-order valence-corrected chi connectivity index (χ4v) is 3.14. The number of phenolic OH excluding ortho intramolecular Hbond substituents is 4. The summed E-state index contributed by atoms with van der Waals surface area (Å²) in [5, 5.41) is 43.3. The molecule has 4 aromatic rings. The lowest BCUT2D eigenvalue weighted by molar-refractivity contribution is 0.470. The van der Waals surface area contributed by atoms with Gasteiger partial charge in [-0.1, -0.05) is 36.4 Å². The van der Waals surface area contributed by atoms with Crippen LogP contribution in [0.4, 0.5) is 0 Å². The molecule has 0 spiro atoms. The number of rotatable bonds is 1. The summed E-state index contributed by atoms with van der Waals surface area (Å²) in [5.74, 6) is 0.0771. The van der Waals surface area contributed by atoms with Gasteiger partial charge in [0.1, 0.15) is 23.0 Å². The van der Waals surface area contributed by atoms with E-state index in [1.807, 2.05) is 0 Å². The van der Waals surface area contributed by atoms with Crippen LogP contribution in [-0.2, 0) is 0 Å². The highest BCUT2D eigenvalue weighted by Crippen LogP contribution is 2.45. The molecular weight excluding hydrogens is 304 g/mol. The molecule has 0 unspecified atom stereocenters. The van der Waals surface area contributed by atoms with Crippen molar-refractivity contribution >= 4 is 21.5 Å². The van der Waals surface area contributed by atoms with Gasteiger partial charge in [0.05, 0.1) is 0 Å². The molecular formula is C20H14O4. The summed E-state index contributed by atoms with van der Waals surface area (Å²) in [4.78, 5) is 0. The van der Waals surface area contributed by atoms with Crippen LogP contribution in [0.3, 0.4) is 0 Å². The summed E-state index contributed by atoms with van der Waals surface area (Å²) in [5.41, 5.74) is 0.914. The van der Waals surface area contributed by atoms with Crippen LogP contribution in [0, 0.1) is 0 Å². The van der Waals surface area contributed by atoms with E-state index in [9.17, 15) is 20.4 Å². The van der Waals surface area contributed by atoms with Crippen molar-refractivity contribution in [2.24, 2.45) is 0 Å². The van der Waals surface area contributed by atoms with E-state index < -0.39 is 0 Å². The molecule has 24 heavy (non-hydrogen) atoms. The summed E-state index contributed by atoms with van der Waals surface area (Å²) in [6.45, 7) is 0. The zero-order chi connectivity index (χ0) is 16.8. The van der Waals surface area contributed by atoms with Gasteiger partial charge in [-0.15, -0.1) is 0 Å². The van der Waals surface area contributed by atoms with E-state index in [0.717, 1.165) is 0 Å². The van der Waals surface area contributed by atoms with Crippen molar-refractivity contribution in [3.05, 3.63) is 60.7 Å². The minimum Gasteiger partial charge on any atom is -0.507 e. The second-order valence-electron chi connectivity index (χ2n) is 5.67. The fourth-order valence-electron chi connectivity index (χ4n) is 3.14. The highest BCUT2D eigenvalue weighted by atomic mass is 16.3. The molecule has 4 N–H and O–H groups in total. The molecule has 4 nitrogen and oxygen atoms in total. The zero-order valence-electron chi connectivity index (χ0n) is 12.6. The normalized spacial score (nSPS) is 11.2. The SMILES string of the molecule is Oc1cc(-c2ccc(O)c3cccc(O)c23)c(O)c2ccccc12. The molecule has 4 heteroatoms. The highest BCUT2D eigenvalue weighted by molar-refractivity contribution is 6.08. The summed E-state index contributed by atoms with van der Waals surface area (Å²) in [7, 11) is 0. The number of aromatic hydroxyl groups is 4. The lowest BCUT2D eigenvalue weighted by atomic mass is 9.93. The predicted molar refractivity (Wildman–Crippen MR) is 93.5 cm³/mol. The van der Waals surface area contributed by atoms with Gasteiger partial charge in [-0.25, -0.2) is 0 Å². The first-order valence-corrected chi connectivity index (χ1v) is 7.45. The van der Waals surface area contributed by atoms with Crippen LogP contribution in [-0.4, -0.2) is 20.4 Å². The van der Waals surface area contributed by atoms with Gasteiger partial charge >= 0.3 is 0 Å². The number of hydrogen-bond donors (Lipinski definition) is 4. The first kappa shape index (κ1) is 14.2. The minimum atomic E-state index is -0.00884. The van der Waals surface area contributed by atoms with Gasteiger partial charge in [0.15, 0.2) is 0 Å². The Morgan fingerprint density at radius 2 is 1.21 bits per heavy atom. The maximum absolute atomic E-state index is 10.7. The summed E-state index contributed by atoms with van der Waals surface area (Å²) >= 11 is 0. The van der Waals surface area contributed by atoms with Crippen molar-refractivity contribution in [2.75, 3.05) is 0 Å². The quantitative estimate of drug-likeness (QED) is 0.390. The van der Waals surface area contributed by atoms with Crippen molar-refractivity contribution < 1.29 is 20.4 Å². The van der Waals surface area contributed by atoms with Crippen molar-refractivity contribution in [2.45, 2.75) is 0 Å². The molecule has 0 aliphatic heterocycles. The van der Waals surface area contributed by atoms with Crippen LogP contribution >= 0.6 is 0 Å². The molecule has 4 rings (SSSR count). The molecule has 0 saturated heterocycles. The van der Waals surface area contributed by atoms with Crippen LogP contribution < -0.4 is 0 Å². The average molecular weight is 318 g/mol. The first-order valence-electron chi connectivity index (χ1n) is 7.45. The van der Waals surface area contributed by atoms with E-state index >= 15 is 0 Å². The third kappa shape index (κ3) is 1.93. The Labute approximate surface area is 137 Å². The molecule has 0 radical (unpaired) electrons. The lowest BCUT2D eigenvalue weighted by Gasteiger charge is -2.14. The number of benzene rings is 4. The number of hydrogen-bond acceptors (Lipinski definition) is 4. The zero-order valence-corrected chi connectivity index (χ0v) is 12.6. The van der Waals surface area contributed by atoms with Crippen molar-refractivity contribution in [3.8, 4) is 34.1 Å². The summed E-state index contributed by atoms with van der Waals surface area (Å²) in [6.07, 6.45) is 0. The van der Waals surface area contributed by atoms with Gasteiger partial charge < -0.3 is 20.4 Å².